The van der Waals surface area contributed by atoms with Gasteiger partial charge in [0.2, 0.25) is 11.8 Å². The van der Waals surface area contributed by atoms with Crippen LogP contribution in [0.5, 0.6) is 0 Å². The quantitative estimate of drug-likeness (QED) is 0.861. The lowest BCUT2D eigenvalue weighted by atomic mass is 9.77. The van der Waals surface area contributed by atoms with Crippen molar-refractivity contribution >= 4 is 11.8 Å². The van der Waals surface area contributed by atoms with Gasteiger partial charge in [0.15, 0.2) is 0 Å². The number of amides is 2. The third-order valence-corrected chi connectivity index (χ3v) is 4.85. The third-order valence-electron chi connectivity index (χ3n) is 4.85. The van der Waals surface area contributed by atoms with Gasteiger partial charge in [-0.3, -0.25) is 9.59 Å². The number of nitrogens with zero attached hydrogens (tertiary/aromatic N) is 1. The number of hydrogen-bond acceptors (Lipinski definition) is 3. The summed E-state index contributed by atoms with van der Waals surface area (Å²) in [5.74, 6) is 0.0684. The summed E-state index contributed by atoms with van der Waals surface area (Å²) in [6, 6.07) is -0.393. The van der Waals surface area contributed by atoms with Crippen LogP contribution < -0.4 is 5.32 Å². The van der Waals surface area contributed by atoms with Gasteiger partial charge in [0.25, 0.3) is 0 Å². The number of carbonyl (C=O) groups excluding carboxylic acids is 2. The van der Waals surface area contributed by atoms with Gasteiger partial charge >= 0.3 is 0 Å². The van der Waals surface area contributed by atoms with Crippen LogP contribution in [-0.4, -0.2) is 47.6 Å². The highest BCUT2D eigenvalue weighted by Crippen LogP contribution is 2.36. The molecule has 2 rings (SSSR count). The molecule has 1 saturated heterocycles. The Morgan fingerprint density at radius 1 is 1.29 bits per heavy atom. The number of hydrogen-bond donors (Lipinski definition) is 1. The topological polar surface area (TPSA) is 58.6 Å². The van der Waals surface area contributed by atoms with Crippen LogP contribution >= 0.6 is 0 Å². The molecular weight excluding hydrogens is 268 g/mol. The summed E-state index contributed by atoms with van der Waals surface area (Å²) in [6.45, 7) is 6.34. The number of ether oxygens (including phenoxy) is 1. The Bertz CT molecular complexity index is 414. The standard InChI is InChI=1S/C16H28N2O3/c1-5-12-13(19)17-16(9-7-6-8-10-16)14(20)18(12)15(2,3)11-21-4/h12H,5-11H2,1-4H3,(H,17,19). The van der Waals surface area contributed by atoms with E-state index in [1.165, 1.54) is 0 Å². The molecule has 2 aliphatic rings. The van der Waals surface area contributed by atoms with Crippen molar-refractivity contribution < 1.29 is 14.3 Å². The lowest BCUT2D eigenvalue weighted by Crippen LogP contribution is -2.74. The lowest BCUT2D eigenvalue weighted by Gasteiger charge is -2.52. The van der Waals surface area contributed by atoms with E-state index >= 15 is 0 Å². The molecule has 1 saturated carbocycles. The van der Waals surface area contributed by atoms with E-state index in [4.69, 9.17) is 4.74 Å². The fraction of sp³-hybridized carbons (Fsp3) is 0.875. The summed E-state index contributed by atoms with van der Waals surface area (Å²) >= 11 is 0. The summed E-state index contributed by atoms with van der Waals surface area (Å²) in [4.78, 5) is 27.5. The fourth-order valence-electron chi connectivity index (χ4n) is 3.84. The summed E-state index contributed by atoms with van der Waals surface area (Å²) < 4.78 is 5.29. The Kier molecular flexibility index (Phi) is 4.61. The Balaban J connectivity index is 2.37. The van der Waals surface area contributed by atoms with Crippen LogP contribution in [0.3, 0.4) is 0 Å². The van der Waals surface area contributed by atoms with Crippen molar-refractivity contribution in [1.82, 2.24) is 10.2 Å². The summed E-state index contributed by atoms with van der Waals surface area (Å²) in [7, 11) is 1.63. The molecule has 5 heteroatoms. The minimum Gasteiger partial charge on any atom is -0.382 e. The van der Waals surface area contributed by atoms with Crippen LogP contribution in [-0.2, 0) is 14.3 Å². The second-order valence-electron chi connectivity index (χ2n) is 6.98. The van der Waals surface area contributed by atoms with E-state index in [0.717, 1.165) is 32.1 Å². The molecule has 2 fully saturated rings. The highest BCUT2D eigenvalue weighted by molar-refractivity contribution is 6.00. The minimum absolute atomic E-state index is 0.0109. The zero-order valence-corrected chi connectivity index (χ0v) is 13.7. The molecule has 0 bridgehead atoms. The van der Waals surface area contributed by atoms with Crippen LogP contribution in [0.15, 0.2) is 0 Å². The van der Waals surface area contributed by atoms with Crippen LogP contribution in [0, 0.1) is 0 Å². The van der Waals surface area contributed by atoms with Crippen LogP contribution in [0.2, 0.25) is 0 Å². The molecule has 2 amide bonds. The number of rotatable bonds is 4. The number of carbonyl (C=O) groups is 2. The largest absolute Gasteiger partial charge is 0.382 e. The molecule has 0 radical (unpaired) electrons. The van der Waals surface area contributed by atoms with Crippen molar-refractivity contribution in [2.24, 2.45) is 0 Å². The second-order valence-corrected chi connectivity index (χ2v) is 6.98. The van der Waals surface area contributed by atoms with Gasteiger partial charge < -0.3 is 15.0 Å². The molecule has 21 heavy (non-hydrogen) atoms. The van der Waals surface area contributed by atoms with E-state index in [-0.39, 0.29) is 11.8 Å². The van der Waals surface area contributed by atoms with Gasteiger partial charge in [-0.1, -0.05) is 26.2 Å². The summed E-state index contributed by atoms with van der Waals surface area (Å²) in [5.41, 5.74) is -1.15. The first-order valence-corrected chi connectivity index (χ1v) is 8.03. The average molecular weight is 296 g/mol. The first-order valence-electron chi connectivity index (χ1n) is 8.03. The van der Waals surface area contributed by atoms with Crippen molar-refractivity contribution in [2.45, 2.75) is 76.4 Å². The first kappa shape index (κ1) is 16.3. The van der Waals surface area contributed by atoms with E-state index in [9.17, 15) is 9.59 Å². The van der Waals surface area contributed by atoms with Gasteiger partial charge in [-0.25, -0.2) is 0 Å². The molecule has 1 spiro atoms. The molecule has 1 heterocycles. The molecule has 0 aromatic heterocycles. The molecule has 1 aliphatic heterocycles. The van der Waals surface area contributed by atoms with Crippen LogP contribution in [0.4, 0.5) is 0 Å². The van der Waals surface area contributed by atoms with Crippen LogP contribution in [0.25, 0.3) is 0 Å². The zero-order chi connectivity index (χ0) is 15.7. The number of methoxy groups -OCH3 is 1. The molecule has 5 nitrogen and oxygen atoms in total. The molecule has 0 aromatic carbocycles. The highest BCUT2D eigenvalue weighted by atomic mass is 16.5. The fourth-order valence-corrected chi connectivity index (χ4v) is 3.84. The maximum Gasteiger partial charge on any atom is 0.249 e. The van der Waals surface area contributed by atoms with Crippen molar-refractivity contribution in [3.05, 3.63) is 0 Å². The monoisotopic (exact) mass is 296 g/mol. The predicted octanol–water partition coefficient (Wildman–Crippen LogP) is 1.85. The van der Waals surface area contributed by atoms with Crippen LogP contribution in [0.1, 0.15) is 59.3 Å². The molecule has 1 N–H and O–H groups in total. The predicted molar refractivity (Wildman–Crippen MR) is 80.8 cm³/mol. The molecule has 1 atom stereocenters. The minimum atomic E-state index is -0.675. The summed E-state index contributed by atoms with van der Waals surface area (Å²) in [5, 5.41) is 3.06. The molecule has 120 valence electrons. The lowest BCUT2D eigenvalue weighted by molar-refractivity contribution is -0.166. The van der Waals surface area contributed by atoms with Gasteiger partial charge in [-0.15, -0.1) is 0 Å². The Morgan fingerprint density at radius 2 is 1.90 bits per heavy atom. The zero-order valence-electron chi connectivity index (χ0n) is 13.7. The Hall–Kier alpha value is -1.10. The molecular formula is C16H28N2O3. The van der Waals surface area contributed by atoms with Gasteiger partial charge in [0.05, 0.1) is 12.1 Å². The van der Waals surface area contributed by atoms with E-state index in [1.807, 2.05) is 20.8 Å². The summed E-state index contributed by atoms with van der Waals surface area (Å²) in [6.07, 6.45) is 5.29. The maximum absolute atomic E-state index is 13.2. The van der Waals surface area contributed by atoms with Crippen molar-refractivity contribution in [3.63, 3.8) is 0 Å². The van der Waals surface area contributed by atoms with Gasteiger partial charge in [-0.05, 0) is 33.1 Å². The van der Waals surface area contributed by atoms with Crippen molar-refractivity contribution in [1.29, 1.82) is 0 Å². The van der Waals surface area contributed by atoms with Crippen molar-refractivity contribution in [3.8, 4) is 0 Å². The normalized spacial score (nSPS) is 26.1. The van der Waals surface area contributed by atoms with E-state index in [0.29, 0.717) is 13.0 Å². The smallest absolute Gasteiger partial charge is 0.249 e. The second kappa shape index (κ2) is 5.95. The van der Waals surface area contributed by atoms with E-state index in [1.54, 1.807) is 12.0 Å². The number of nitrogens with one attached hydrogen (secondary N) is 1. The first-order chi connectivity index (χ1) is 9.88. The SMILES string of the molecule is CCC1C(=O)NC2(CCCCC2)C(=O)N1C(C)(C)COC. The average Bonchev–Trinajstić information content (AvgIpc) is 2.43. The van der Waals surface area contributed by atoms with Gasteiger partial charge in [0.1, 0.15) is 11.6 Å². The van der Waals surface area contributed by atoms with Gasteiger partial charge in [0, 0.05) is 7.11 Å². The molecule has 0 aromatic rings. The third kappa shape index (κ3) is 2.80. The number of piperazine rings is 1. The molecule has 1 aliphatic carbocycles. The van der Waals surface area contributed by atoms with E-state index < -0.39 is 17.1 Å². The Labute approximate surface area is 127 Å². The highest BCUT2D eigenvalue weighted by Gasteiger charge is 2.54. The maximum atomic E-state index is 13.2. The van der Waals surface area contributed by atoms with E-state index in [2.05, 4.69) is 5.32 Å². The molecule has 1 unspecified atom stereocenters. The Morgan fingerprint density at radius 3 is 2.43 bits per heavy atom. The van der Waals surface area contributed by atoms with Crippen molar-refractivity contribution in [2.75, 3.05) is 13.7 Å². The van der Waals surface area contributed by atoms with Gasteiger partial charge in [-0.2, -0.15) is 0 Å².